The average molecular weight is 438 g/mol. The predicted octanol–water partition coefficient (Wildman–Crippen LogP) is 2.17. The van der Waals surface area contributed by atoms with Crippen molar-refractivity contribution in [1.82, 2.24) is 5.32 Å². The molecule has 2 aromatic carbocycles. The molecule has 2 atom stereocenters. The lowest BCUT2D eigenvalue weighted by atomic mass is 10.1. The number of rotatable bonds is 8. The zero-order chi connectivity index (χ0) is 21.1. The topological polar surface area (TPSA) is 89.5 Å². The summed E-state index contributed by atoms with van der Waals surface area (Å²) in [5, 5.41) is 2.20. The predicted molar refractivity (Wildman–Crippen MR) is 114 cm³/mol. The Morgan fingerprint density at radius 1 is 1.10 bits per heavy atom. The summed E-state index contributed by atoms with van der Waals surface area (Å²) in [6.07, 6.45) is 1.65. The molecule has 8 heteroatoms. The molecule has 0 radical (unpaired) electrons. The van der Waals surface area contributed by atoms with E-state index >= 15 is 0 Å². The third-order valence-electron chi connectivity index (χ3n) is 5.29. The Hall–Kier alpha value is -1.90. The molecule has 2 aromatic rings. The number of hydrogen-bond donors (Lipinski definition) is 1. The molecule has 1 aliphatic heterocycles. The largest absolute Gasteiger partial charge is 0.496 e. The van der Waals surface area contributed by atoms with Gasteiger partial charge in [0.05, 0.1) is 28.8 Å². The highest BCUT2D eigenvalue weighted by atomic mass is 32.2. The Balaban J connectivity index is 1.72. The van der Waals surface area contributed by atoms with Gasteiger partial charge in [0.15, 0.2) is 19.7 Å². The molecular formula is C21H27NO5S2. The first kappa shape index (κ1) is 21.8. The number of sulfone groups is 2. The fourth-order valence-corrected chi connectivity index (χ4v) is 8.54. The summed E-state index contributed by atoms with van der Waals surface area (Å²) in [4.78, 5) is 0.133. The SMILES string of the molecule is COc1ccc(S(=O)(=O)[C@H]2CS(=O)(=O)C[C@@H]2NCCCc2ccccc2)cc1C. The van der Waals surface area contributed by atoms with Gasteiger partial charge in [-0.15, -0.1) is 0 Å². The van der Waals surface area contributed by atoms with Gasteiger partial charge in [0.1, 0.15) is 5.75 Å². The molecule has 0 bridgehead atoms. The lowest BCUT2D eigenvalue weighted by Crippen LogP contribution is -2.43. The third-order valence-corrected chi connectivity index (χ3v) is 9.43. The van der Waals surface area contributed by atoms with Crippen molar-refractivity contribution < 1.29 is 21.6 Å². The van der Waals surface area contributed by atoms with Crippen LogP contribution in [0.5, 0.6) is 5.75 Å². The maximum Gasteiger partial charge on any atom is 0.183 e. The third kappa shape index (κ3) is 5.18. The summed E-state index contributed by atoms with van der Waals surface area (Å²) in [6, 6.07) is 14.0. The van der Waals surface area contributed by atoms with Gasteiger partial charge in [-0.3, -0.25) is 0 Å². The van der Waals surface area contributed by atoms with Crippen molar-refractivity contribution in [3.05, 3.63) is 59.7 Å². The van der Waals surface area contributed by atoms with Gasteiger partial charge in [0.2, 0.25) is 0 Å². The van der Waals surface area contributed by atoms with E-state index in [9.17, 15) is 16.8 Å². The van der Waals surface area contributed by atoms with Crippen LogP contribution in [0.2, 0.25) is 0 Å². The van der Waals surface area contributed by atoms with E-state index in [1.165, 1.54) is 18.7 Å². The molecule has 1 saturated heterocycles. The molecule has 0 unspecified atom stereocenters. The molecule has 1 N–H and O–H groups in total. The summed E-state index contributed by atoms with van der Waals surface area (Å²) in [6.45, 7) is 2.32. The highest BCUT2D eigenvalue weighted by molar-refractivity contribution is 7.96. The van der Waals surface area contributed by atoms with E-state index in [-0.39, 0.29) is 16.4 Å². The minimum atomic E-state index is -3.79. The lowest BCUT2D eigenvalue weighted by molar-refractivity contribution is 0.411. The van der Waals surface area contributed by atoms with Crippen molar-refractivity contribution in [2.75, 3.05) is 25.2 Å². The Morgan fingerprint density at radius 3 is 2.48 bits per heavy atom. The number of nitrogens with one attached hydrogen (secondary N) is 1. The van der Waals surface area contributed by atoms with Gasteiger partial charge in [-0.05, 0) is 55.6 Å². The molecule has 29 heavy (non-hydrogen) atoms. The standard InChI is InChI=1S/C21H27NO5S2/c1-16-13-18(10-11-20(16)27-2)29(25,26)21-15-28(23,24)14-19(21)22-12-6-9-17-7-4-3-5-8-17/h3-5,7-8,10-11,13,19,21-22H,6,9,12,14-15H2,1-2H3/t19-,21-/m0/s1. The second-order valence-corrected chi connectivity index (χ2v) is 11.8. The minimum Gasteiger partial charge on any atom is -0.496 e. The number of methoxy groups -OCH3 is 1. The maximum absolute atomic E-state index is 13.2. The van der Waals surface area contributed by atoms with Crippen LogP contribution >= 0.6 is 0 Å². The molecular weight excluding hydrogens is 410 g/mol. The van der Waals surface area contributed by atoms with E-state index in [4.69, 9.17) is 4.74 Å². The number of ether oxygens (including phenoxy) is 1. The van der Waals surface area contributed by atoms with Crippen molar-refractivity contribution >= 4 is 19.7 Å². The fourth-order valence-electron chi connectivity index (χ4n) is 3.74. The minimum absolute atomic E-state index is 0.133. The van der Waals surface area contributed by atoms with E-state index in [2.05, 4.69) is 5.32 Å². The molecule has 1 heterocycles. The van der Waals surface area contributed by atoms with Crippen LogP contribution in [0.3, 0.4) is 0 Å². The molecule has 3 rings (SSSR count). The zero-order valence-corrected chi connectivity index (χ0v) is 18.3. The number of benzene rings is 2. The first-order chi connectivity index (χ1) is 13.7. The van der Waals surface area contributed by atoms with Crippen LogP contribution in [0.25, 0.3) is 0 Å². The Bertz CT molecular complexity index is 1050. The molecule has 0 spiro atoms. The van der Waals surface area contributed by atoms with Crippen molar-refractivity contribution in [2.24, 2.45) is 0 Å². The molecule has 0 aliphatic carbocycles. The van der Waals surface area contributed by atoms with Gasteiger partial charge in [-0.1, -0.05) is 30.3 Å². The second kappa shape index (κ2) is 8.85. The van der Waals surface area contributed by atoms with E-state index < -0.39 is 31.0 Å². The van der Waals surface area contributed by atoms with Gasteiger partial charge in [-0.2, -0.15) is 0 Å². The molecule has 158 valence electrons. The summed E-state index contributed by atoms with van der Waals surface area (Å²) in [5.41, 5.74) is 1.90. The number of hydrogen-bond acceptors (Lipinski definition) is 6. The van der Waals surface area contributed by atoms with Crippen molar-refractivity contribution in [3.8, 4) is 5.75 Å². The first-order valence-electron chi connectivity index (χ1n) is 9.59. The number of aryl methyl sites for hydroxylation is 2. The van der Waals surface area contributed by atoms with Crippen LogP contribution in [-0.2, 0) is 26.1 Å². The zero-order valence-electron chi connectivity index (χ0n) is 16.7. The van der Waals surface area contributed by atoms with Crippen molar-refractivity contribution in [2.45, 2.75) is 36.0 Å². The molecule has 0 amide bonds. The highest BCUT2D eigenvalue weighted by Gasteiger charge is 2.45. The molecule has 1 aliphatic rings. The molecule has 1 fully saturated rings. The quantitative estimate of drug-likeness (QED) is 0.637. The summed E-state index contributed by atoms with van der Waals surface area (Å²) < 4.78 is 56.0. The normalized spacial score (nSPS) is 21.2. The lowest BCUT2D eigenvalue weighted by Gasteiger charge is -2.20. The van der Waals surface area contributed by atoms with Gasteiger partial charge in [-0.25, -0.2) is 16.8 Å². The Morgan fingerprint density at radius 2 is 1.83 bits per heavy atom. The van der Waals surface area contributed by atoms with E-state index in [0.717, 1.165) is 12.8 Å². The monoisotopic (exact) mass is 437 g/mol. The summed E-state index contributed by atoms with van der Waals surface area (Å²) in [5.74, 6) is 0.0901. The summed E-state index contributed by atoms with van der Waals surface area (Å²) >= 11 is 0. The van der Waals surface area contributed by atoms with Crippen molar-refractivity contribution in [3.63, 3.8) is 0 Å². The average Bonchev–Trinajstić information content (AvgIpc) is 3.01. The summed E-state index contributed by atoms with van der Waals surface area (Å²) in [7, 11) is -5.68. The Labute approximate surface area is 173 Å². The van der Waals surface area contributed by atoms with Crippen LogP contribution in [0.15, 0.2) is 53.4 Å². The maximum atomic E-state index is 13.2. The fraction of sp³-hybridized carbons (Fsp3) is 0.429. The second-order valence-electron chi connectivity index (χ2n) is 7.44. The van der Waals surface area contributed by atoms with Gasteiger partial charge < -0.3 is 10.1 Å². The van der Waals surface area contributed by atoms with Crippen LogP contribution in [-0.4, -0.2) is 53.3 Å². The van der Waals surface area contributed by atoms with Crippen LogP contribution in [0.1, 0.15) is 17.5 Å². The highest BCUT2D eigenvalue weighted by Crippen LogP contribution is 2.29. The molecule has 0 aromatic heterocycles. The van der Waals surface area contributed by atoms with Crippen molar-refractivity contribution in [1.29, 1.82) is 0 Å². The molecule has 6 nitrogen and oxygen atoms in total. The Kier molecular flexibility index (Phi) is 6.65. The first-order valence-corrected chi connectivity index (χ1v) is 13.0. The van der Waals surface area contributed by atoms with Crippen LogP contribution in [0, 0.1) is 6.92 Å². The van der Waals surface area contributed by atoms with Crippen LogP contribution in [0.4, 0.5) is 0 Å². The molecule has 0 saturated carbocycles. The van der Waals surface area contributed by atoms with E-state index in [0.29, 0.717) is 17.9 Å². The van der Waals surface area contributed by atoms with Crippen LogP contribution < -0.4 is 10.1 Å². The van der Waals surface area contributed by atoms with E-state index in [1.54, 1.807) is 19.1 Å². The van der Waals surface area contributed by atoms with Gasteiger partial charge in [0, 0.05) is 6.04 Å². The van der Waals surface area contributed by atoms with E-state index in [1.807, 2.05) is 30.3 Å². The van der Waals surface area contributed by atoms with Gasteiger partial charge in [0.25, 0.3) is 0 Å². The smallest absolute Gasteiger partial charge is 0.183 e. The van der Waals surface area contributed by atoms with Gasteiger partial charge >= 0.3 is 0 Å².